The molecule has 2 unspecified atom stereocenters. The van der Waals surface area contributed by atoms with Crippen LogP contribution in [0.2, 0.25) is 0 Å². The quantitative estimate of drug-likeness (QED) is 0.623. The lowest BCUT2D eigenvalue weighted by Crippen LogP contribution is -2.57. The van der Waals surface area contributed by atoms with Crippen molar-refractivity contribution in [1.29, 1.82) is 0 Å². The van der Waals surface area contributed by atoms with E-state index < -0.39 is 41.1 Å². The average molecular weight is 481 g/mol. The number of ether oxygens (including phenoxy) is 1. The standard InChI is InChI=1S/C28H36N2O5/c1-27(2,3)23(29-26(34)35-28(4,5)6)24(31)30-17-21(16-22(30)25(32)33)20-14-12-19(13-15-20)18-10-8-7-9-11-18/h7-15,21-23H,16-17H2,1-6H3,(H,29,34)(H,32,33)/t21?,22?,23-/m1/s1. The Morgan fingerprint density at radius 3 is 2.03 bits per heavy atom. The van der Waals surface area contributed by atoms with Crippen LogP contribution in [0.3, 0.4) is 0 Å². The van der Waals surface area contributed by atoms with Crippen molar-refractivity contribution in [3.05, 3.63) is 60.2 Å². The number of amides is 2. The van der Waals surface area contributed by atoms with Gasteiger partial charge in [0.25, 0.3) is 0 Å². The Hall–Kier alpha value is -3.35. The Kier molecular flexibility index (Phi) is 7.58. The zero-order chi connectivity index (χ0) is 26.0. The summed E-state index contributed by atoms with van der Waals surface area (Å²) in [6.45, 7) is 11.0. The van der Waals surface area contributed by atoms with Crippen molar-refractivity contribution >= 4 is 18.0 Å². The topological polar surface area (TPSA) is 95.9 Å². The SMILES string of the molecule is CC(C)(C)OC(=O)N[C@H](C(=O)N1CC(c2ccc(-c3ccccc3)cc2)CC1C(=O)O)C(C)(C)C. The lowest BCUT2D eigenvalue weighted by molar-refractivity contribution is -0.150. The number of carboxylic acids is 1. The molecule has 0 aromatic heterocycles. The highest BCUT2D eigenvalue weighted by molar-refractivity contribution is 5.90. The second-order valence-corrected chi connectivity index (χ2v) is 11.2. The third-order valence-corrected chi connectivity index (χ3v) is 6.13. The number of alkyl carbamates (subject to hydrolysis) is 1. The number of hydrogen-bond donors (Lipinski definition) is 2. The van der Waals surface area contributed by atoms with Gasteiger partial charge in [0, 0.05) is 12.5 Å². The number of nitrogens with one attached hydrogen (secondary N) is 1. The van der Waals surface area contributed by atoms with Gasteiger partial charge in [0.05, 0.1) is 0 Å². The molecule has 0 saturated carbocycles. The van der Waals surface area contributed by atoms with Crippen LogP contribution in [0.1, 0.15) is 59.4 Å². The highest BCUT2D eigenvalue weighted by Gasteiger charge is 2.45. The first-order valence-corrected chi connectivity index (χ1v) is 11.9. The summed E-state index contributed by atoms with van der Waals surface area (Å²) in [7, 11) is 0. The molecule has 7 heteroatoms. The highest BCUT2D eigenvalue weighted by atomic mass is 16.6. The molecule has 2 aromatic carbocycles. The molecule has 3 atom stereocenters. The molecule has 1 aliphatic rings. The van der Waals surface area contributed by atoms with Gasteiger partial charge in [0.1, 0.15) is 17.7 Å². The van der Waals surface area contributed by atoms with Gasteiger partial charge >= 0.3 is 12.1 Å². The van der Waals surface area contributed by atoms with Crippen LogP contribution >= 0.6 is 0 Å². The normalized spacial score (nSPS) is 19.2. The fourth-order valence-corrected chi connectivity index (χ4v) is 4.37. The number of carbonyl (C=O) groups excluding carboxylic acids is 2. The first-order valence-electron chi connectivity index (χ1n) is 11.9. The average Bonchev–Trinajstić information content (AvgIpc) is 3.22. The van der Waals surface area contributed by atoms with Crippen molar-refractivity contribution in [2.45, 2.75) is 71.6 Å². The van der Waals surface area contributed by atoms with Crippen LogP contribution in [0.25, 0.3) is 11.1 Å². The smallest absolute Gasteiger partial charge is 0.408 e. The summed E-state index contributed by atoms with van der Waals surface area (Å²) in [5, 5.41) is 12.6. The van der Waals surface area contributed by atoms with E-state index in [9.17, 15) is 19.5 Å². The third-order valence-electron chi connectivity index (χ3n) is 6.13. The summed E-state index contributed by atoms with van der Waals surface area (Å²) in [6.07, 6.45) is -0.389. The van der Waals surface area contributed by atoms with Crippen molar-refractivity contribution in [1.82, 2.24) is 10.2 Å². The Bertz CT molecular complexity index is 1050. The van der Waals surface area contributed by atoms with Gasteiger partial charge in [-0.05, 0) is 49.3 Å². The number of likely N-dealkylation sites (tertiary alicyclic amines) is 1. The third kappa shape index (κ3) is 6.62. The van der Waals surface area contributed by atoms with Crippen molar-refractivity contribution < 1.29 is 24.2 Å². The van der Waals surface area contributed by atoms with E-state index in [-0.39, 0.29) is 12.5 Å². The van der Waals surface area contributed by atoms with Gasteiger partial charge in [-0.1, -0.05) is 75.4 Å². The Morgan fingerprint density at radius 1 is 0.943 bits per heavy atom. The van der Waals surface area contributed by atoms with Crippen LogP contribution in [-0.4, -0.2) is 52.2 Å². The first-order chi connectivity index (χ1) is 16.3. The number of carbonyl (C=O) groups is 3. The predicted octanol–water partition coefficient (Wildman–Crippen LogP) is 5.06. The van der Waals surface area contributed by atoms with Gasteiger partial charge in [-0.25, -0.2) is 9.59 Å². The summed E-state index contributed by atoms with van der Waals surface area (Å²) in [5.74, 6) is -1.59. The Balaban J connectivity index is 1.81. The summed E-state index contributed by atoms with van der Waals surface area (Å²) < 4.78 is 5.35. The monoisotopic (exact) mass is 480 g/mol. The van der Waals surface area contributed by atoms with Crippen molar-refractivity contribution in [2.24, 2.45) is 5.41 Å². The van der Waals surface area contributed by atoms with E-state index in [0.29, 0.717) is 6.42 Å². The highest BCUT2D eigenvalue weighted by Crippen LogP contribution is 2.35. The number of carboxylic acid groups (broad SMARTS) is 1. The summed E-state index contributed by atoms with van der Waals surface area (Å²) in [4.78, 5) is 39.6. The number of nitrogens with zero attached hydrogens (tertiary/aromatic N) is 1. The molecule has 1 fully saturated rings. The molecule has 188 valence electrons. The molecule has 3 rings (SSSR count). The van der Waals surface area contributed by atoms with E-state index in [0.717, 1.165) is 16.7 Å². The molecule has 2 aromatic rings. The number of hydrogen-bond acceptors (Lipinski definition) is 4. The van der Waals surface area contributed by atoms with Gasteiger partial charge in [-0.2, -0.15) is 0 Å². The van der Waals surface area contributed by atoms with E-state index in [1.165, 1.54) is 4.90 Å². The maximum Gasteiger partial charge on any atom is 0.408 e. The molecular weight excluding hydrogens is 444 g/mol. The molecule has 2 N–H and O–H groups in total. The maximum atomic E-state index is 13.6. The molecule has 0 bridgehead atoms. The number of benzene rings is 2. The molecule has 1 aliphatic heterocycles. The summed E-state index contributed by atoms with van der Waals surface area (Å²) in [6, 6.07) is 16.2. The van der Waals surface area contributed by atoms with Crippen molar-refractivity contribution in [2.75, 3.05) is 6.54 Å². The zero-order valence-electron chi connectivity index (χ0n) is 21.4. The van der Waals surface area contributed by atoms with Crippen LogP contribution in [0, 0.1) is 5.41 Å². The molecule has 0 spiro atoms. The van der Waals surface area contributed by atoms with Gasteiger partial charge in [0.15, 0.2) is 0 Å². The van der Waals surface area contributed by atoms with Crippen molar-refractivity contribution in [3.8, 4) is 11.1 Å². The minimum atomic E-state index is -1.05. The molecule has 0 radical (unpaired) electrons. The van der Waals surface area contributed by atoms with E-state index in [1.54, 1.807) is 20.8 Å². The van der Waals surface area contributed by atoms with E-state index >= 15 is 0 Å². The second-order valence-electron chi connectivity index (χ2n) is 11.2. The van der Waals surface area contributed by atoms with Gasteiger partial charge in [-0.3, -0.25) is 4.79 Å². The van der Waals surface area contributed by atoms with Gasteiger partial charge < -0.3 is 20.1 Å². The fraction of sp³-hybridized carbons (Fsp3) is 0.464. The van der Waals surface area contributed by atoms with Crippen LogP contribution in [0.4, 0.5) is 4.79 Å². The molecular formula is C28H36N2O5. The minimum Gasteiger partial charge on any atom is -0.480 e. The zero-order valence-corrected chi connectivity index (χ0v) is 21.4. The molecule has 35 heavy (non-hydrogen) atoms. The molecule has 7 nitrogen and oxygen atoms in total. The van der Waals surface area contributed by atoms with Crippen LogP contribution in [0.15, 0.2) is 54.6 Å². The minimum absolute atomic E-state index is 0.119. The van der Waals surface area contributed by atoms with Crippen LogP contribution < -0.4 is 5.32 Å². The van der Waals surface area contributed by atoms with Crippen LogP contribution in [0.5, 0.6) is 0 Å². The maximum absolute atomic E-state index is 13.6. The van der Waals surface area contributed by atoms with E-state index in [4.69, 9.17) is 4.74 Å². The molecule has 1 saturated heterocycles. The molecule has 2 amide bonds. The van der Waals surface area contributed by atoms with E-state index in [2.05, 4.69) is 5.32 Å². The lowest BCUT2D eigenvalue weighted by atomic mass is 9.85. The molecule has 1 heterocycles. The first kappa shape index (κ1) is 26.3. The Morgan fingerprint density at radius 2 is 1.51 bits per heavy atom. The van der Waals surface area contributed by atoms with Crippen LogP contribution in [-0.2, 0) is 14.3 Å². The fourth-order valence-electron chi connectivity index (χ4n) is 4.37. The summed E-state index contributed by atoms with van der Waals surface area (Å²) >= 11 is 0. The number of aliphatic carboxylic acids is 1. The predicted molar refractivity (Wildman–Crippen MR) is 135 cm³/mol. The lowest BCUT2D eigenvalue weighted by Gasteiger charge is -2.35. The summed E-state index contributed by atoms with van der Waals surface area (Å²) in [5.41, 5.74) is 1.80. The van der Waals surface area contributed by atoms with Gasteiger partial charge in [-0.15, -0.1) is 0 Å². The van der Waals surface area contributed by atoms with Gasteiger partial charge in [0.2, 0.25) is 5.91 Å². The number of rotatable bonds is 5. The van der Waals surface area contributed by atoms with E-state index in [1.807, 2.05) is 75.4 Å². The largest absolute Gasteiger partial charge is 0.480 e. The van der Waals surface area contributed by atoms with Crippen molar-refractivity contribution in [3.63, 3.8) is 0 Å². The Labute approximate surface area is 207 Å². The molecule has 0 aliphatic carbocycles. The second kappa shape index (κ2) is 10.1.